The number of nitrogens with zero attached hydrogens (tertiary/aromatic N) is 1. The van der Waals surface area contributed by atoms with Crippen molar-refractivity contribution < 1.29 is 14.7 Å². The summed E-state index contributed by atoms with van der Waals surface area (Å²) in [5, 5.41) is 10.8. The highest BCUT2D eigenvalue weighted by Gasteiger charge is 2.28. The Bertz CT molecular complexity index is 751. The number of rotatable bonds is 3. The van der Waals surface area contributed by atoms with Crippen LogP contribution in [-0.4, -0.2) is 23.5 Å². The van der Waals surface area contributed by atoms with E-state index in [1.54, 1.807) is 23.1 Å². The Balaban J connectivity index is 1.98. The first-order valence-electron chi connectivity index (χ1n) is 6.78. The molecule has 0 radical (unpaired) electrons. The van der Waals surface area contributed by atoms with Gasteiger partial charge in [-0.1, -0.05) is 18.2 Å². The van der Waals surface area contributed by atoms with E-state index in [0.29, 0.717) is 13.0 Å². The van der Waals surface area contributed by atoms with Gasteiger partial charge in [0.25, 0.3) is 0 Å². The second kappa shape index (κ2) is 5.05. The number of carbonyl (C=O) groups excluding carboxylic acids is 1. The van der Waals surface area contributed by atoms with Gasteiger partial charge in [0.05, 0.1) is 5.56 Å². The summed E-state index contributed by atoms with van der Waals surface area (Å²) in [5.41, 5.74) is 1.11. The predicted molar refractivity (Wildman–Crippen MR) is 81.6 cm³/mol. The Morgan fingerprint density at radius 1 is 1.24 bits per heavy atom. The second-order valence-electron chi connectivity index (χ2n) is 5.26. The van der Waals surface area contributed by atoms with Gasteiger partial charge < -0.3 is 10.0 Å². The molecule has 2 aromatic rings. The molecule has 106 valence electrons. The molecule has 0 aromatic heterocycles. The summed E-state index contributed by atoms with van der Waals surface area (Å²) < 4.78 is 0. The van der Waals surface area contributed by atoms with E-state index in [2.05, 4.69) is 6.58 Å². The summed E-state index contributed by atoms with van der Waals surface area (Å²) in [4.78, 5) is 24.8. The van der Waals surface area contributed by atoms with Gasteiger partial charge in [0.2, 0.25) is 5.91 Å². The van der Waals surface area contributed by atoms with Gasteiger partial charge in [-0.2, -0.15) is 0 Å². The first-order valence-corrected chi connectivity index (χ1v) is 6.78. The van der Waals surface area contributed by atoms with Gasteiger partial charge in [-0.25, -0.2) is 4.79 Å². The Labute approximate surface area is 122 Å². The van der Waals surface area contributed by atoms with Crippen LogP contribution in [0.15, 0.2) is 49.1 Å². The van der Waals surface area contributed by atoms with Crippen LogP contribution in [0.25, 0.3) is 10.8 Å². The molecule has 0 spiro atoms. The fourth-order valence-electron chi connectivity index (χ4n) is 2.68. The van der Waals surface area contributed by atoms with Crippen LogP contribution in [0.4, 0.5) is 5.69 Å². The van der Waals surface area contributed by atoms with E-state index in [9.17, 15) is 9.59 Å². The lowest BCUT2D eigenvalue weighted by Crippen LogP contribution is -2.24. The summed E-state index contributed by atoms with van der Waals surface area (Å²) >= 11 is 0. The fraction of sp³-hybridized carbons (Fsp3) is 0.176. The SMILES string of the molecule is C=CC1CC(=O)N(c2ccc3cc(C(=O)O)ccc3c2)C1. The molecule has 1 amide bonds. The standard InChI is InChI=1S/C17H15NO3/c1-2-11-7-16(19)18(10-11)15-6-5-12-8-14(17(20)21)4-3-13(12)9-15/h2-6,8-9,11H,1,7,10H2,(H,20,21). The van der Waals surface area contributed by atoms with Crippen LogP contribution in [0, 0.1) is 5.92 Å². The number of benzene rings is 2. The molecular formula is C17H15NO3. The van der Waals surface area contributed by atoms with Crippen molar-refractivity contribution in [3.05, 3.63) is 54.6 Å². The van der Waals surface area contributed by atoms with Crippen molar-refractivity contribution in [3.63, 3.8) is 0 Å². The van der Waals surface area contributed by atoms with E-state index in [-0.39, 0.29) is 17.4 Å². The number of anilines is 1. The minimum atomic E-state index is -0.940. The summed E-state index contributed by atoms with van der Waals surface area (Å²) in [6.07, 6.45) is 2.32. The highest BCUT2D eigenvalue weighted by atomic mass is 16.4. The lowest BCUT2D eigenvalue weighted by atomic mass is 10.1. The molecule has 0 aliphatic carbocycles. The Morgan fingerprint density at radius 2 is 1.95 bits per heavy atom. The third-order valence-electron chi connectivity index (χ3n) is 3.87. The maximum atomic E-state index is 12.0. The molecule has 0 bridgehead atoms. The number of amides is 1. The first-order chi connectivity index (χ1) is 10.1. The first kappa shape index (κ1) is 13.4. The number of hydrogen-bond donors (Lipinski definition) is 1. The molecule has 1 fully saturated rings. The van der Waals surface area contributed by atoms with E-state index in [1.807, 2.05) is 24.3 Å². The number of carboxylic acid groups (broad SMARTS) is 1. The minimum Gasteiger partial charge on any atom is -0.478 e. The quantitative estimate of drug-likeness (QED) is 0.880. The van der Waals surface area contributed by atoms with Gasteiger partial charge in [0.1, 0.15) is 0 Å². The zero-order valence-corrected chi connectivity index (χ0v) is 11.5. The number of aromatic carboxylic acids is 1. The lowest BCUT2D eigenvalue weighted by Gasteiger charge is -2.17. The van der Waals surface area contributed by atoms with Crippen molar-refractivity contribution >= 4 is 28.3 Å². The molecule has 4 nitrogen and oxygen atoms in total. The normalized spacial score (nSPS) is 18.2. The topological polar surface area (TPSA) is 57.6 Å². The van der Waals surface area contributed by atoms with Gasteiger partial charge in [-0.05, 0) is 35.0 Å². The van der Waals surface area contributed by atoms with Crippen molar-refractivity contribution in [2.24, 2.45) is 5.92 Å². The summed E-state index contributed by atoms with van der Waals surface area (Å²) in [5.74, 6) is -0.645. The van der Waals surface area contributed by atoms with Gasteiger partial charge in [0.15, 0.2) is 0 Å². The molecule has 1 heterocycles. The van der Waals surface area contributed by atoms with Crippen LogP contribution in [0.1, 0.15) is 16.8 Å². The van der Waals surface area contributed by atoms with Gasteiger partial charge in [-0.3, -0.25) is 4.79 Å². The zero-order chi connectivity index (χ0) is 15.0. The molecule has 21 heavy (non-hydrogen) atoms. The molecule has 3 rings (SSSR count). The molecule has 0 saturated carbocycles. The monoisotopic (exact) mass is 281 g/mol. The summed E-state index contributed by atoms with van der Waals surface area (Å²) in [6, 6.07) is 10.6. The van der Waals surface area contributed by atoms with Crippen molar-refractivity contribution in [1.82, 2.24) is 0 Å². The van der Waals surface area contributed by atoms with Crippen molar-refractivity contribution in [3.8, 4) is 0 Å². The Hall–Kier alpha value is -2.62. The van der Waals surface area contributed by atoms with E-state index in [0.717, 1.165) is 16.5 Å². The molecule has 1 N–H and O–H groups in total. The van der Waals surface area contributed by atoms with Gasteiger partial charge in [0, 0.05) is 24.6 Å². The summed E-state index contributed by atoms with van der Waals surface area (Å²) in [7, 11) is 0. The van der Waals surface area contributed by atoms with Crippen molar-refractivity contribution in [2.75, 3.05) is 11.4 Å². The molecule has 1 atom stereocenters. The van der Waals surface area contributed by atoms with Crippen LogP contribution in [0.2, 0.25) is 0 Å². The molecular weight excluding hydrogens is 266 g/mol. The third kappa shape index (κ3) is 2.40. The molecule has 2 aromatic carbocycles. The zero-order valence-electron chi connectivity index (χ0n) is 11.5. The largest absolute Gasteiger partial charge is 0.478 e. The van der Waals surface area contributed by atoms with Crippen LogP contribution in [0.5, 0.6) is 0 Å². The maximum absolute atomic E-state index is 12.0. The van der Waals surface area contributed by atoms with Gasteiger partial charge in [-0.15, -0.1) is 6.58 Å². The van der Waals surface area contributed by atoms with Crippen LogP contribution in [0.3, 0.4) is 0 Å². The number of carbonyl (C=O) groups is 2. The molecule has 1 aliphatic heterocycles. The van der Waals surface area contributed by atoms with Crippen molar-refractivity contribution in [2.45, 2.75) is 6.42 Å². The Kier molecular flexibility index (Phi) is 3.22. The van der Waals surface area contributed by atoms with Crippen LogP contribution in [-0.2, 0) is 4.79 Å². The van der Waals surface area contributed by atoms with Crippen LogP contribution >= 0.6 is 0 Å². The lowest BCUT2D eigenvalue weighted by molar-refractivity contribution is -0.117. The smallest absolute Gasteiger partial charge is 0.335 e. The average Bonchev–Trinajstić information content (AvgIpc) is 2.87. The van der Waals surface area contributed by atoms with E-state index < -0.39 is 5.97 Å². The average molecular weight is 281 g/mol. The second-order valence-corrected chi connectivity index (χ2v) is 5.26. The molecule has 1 unspecified atom stereocenters. The van der Waals surface area contributed by atoms with Crippen molar-refractivity contribution in [1.29, 1.82) is 0 Å². The van der Waals surface area contributed by atoms with E-state index in [1.165, 1.54) is 0 Å². The molecule has 1 saturated heterocycles. The van der Waals surface area contributed by atoms with Crippen LogP contribution < -0.4 is 4.90 Å². The molecule has 4 heteroatoms. The third-order valence-corrected chi connectivity index (χ3v) is 3.87. The Morgan fingerprint density at radius 3 is 2.62 bits per heavy atom. The number of hydrogen-bond acceptors (Lipinski definition) is 2. The molecule has 1 aliphatic rings. The summed E-state index contributed by atoms with van der Waals surface area (Å²) in [6.45, 7) is 4.40. The predicted octanol–water partition coefficient (Wildman–Crippen LogP) is 3.08. The fourth-order valence-corrected chi connectivity index (χ4v) is 2.68. The van der Waals surface area contributed by atoms with E-state index >= 15 is 0 Å². The highest BCUT2D eigenvalue weighted by molar-refractivity contribution is 6.00. The van der Waals surface area contributed by atoms with E-state index in [4.69, 9.17) is 5.11 Å². The minimum absolute atomic E-state index is 0.0985. The number of fused-ring (bicyclic) bond motifs is 1. The maximum Gasteiger partial charge on any atom is 0.335 e. The highest BCUT2D eigenvalue weighted by Crippen LogP contribution is 2.28. The van der Waals surface area contributed by atoms with Gasteiger partial charge >= 0.3 is 5.97 Å². The number of carboxylic acids is 1.